The summed E-state index contributed by atoms with van der Waals surface area (Å²) in [7, 11) is 0. The summed E-state index contributed by atoms with van der Waals surface area (Å²) in [5.41, 5.74) is 8.32. The minimum absolute atomic E-state index is 0.0313. The maximum Gasteiger partial charge on any atom is 0.251 e. The first-order valence-corrected chi connectivity index (χ1v) is 10.1. The van der Waals surface area contributed by atoms with Gasteiger partial charge in [0.05, 0.1) is 0 Å². The second-order valence-electron chi connectivity index (χ2n) is 7.29. The van der Waals surface area contributed by atoms with Gasteiger partial charge in [-0.05, 0) is 61.9 Å². The SMILES string of the molecule is NCCCC[C@H](NC(=O)c1ccc(-c2ccccc2)cc1)C(=O)N1CCCC1. The summed E-state index contributed by atoms with van der Waals surface area (Å²) in [6.07, 6.45) is 4.38. The van der Waals surface area contributed by atoms with Crippen LogP contribution in [0.3, 0.4) is 0 Å². The molecule has 2 aromatic carbocycles. The Bertz CT molecular complexity index is 768. The minimum Gasteiger partial charge on any atom is -0.341 e. The van der Waals surface area contributed by atoms with E-state index in [0.29, 0.717) is 18.5 Å². The van der Waals surface area contributed by atoms with Crippen LogP contribution in [0.4, 0.5) is 0 Å². The van der Waals surface area contributed by atoms with Gasteiger partial charge in [0, 0.05) is 18.7 Å². The second-order valence-corrected chi connectivity index (χ2v) is 7.29. The number of carbonyl (C=O) groups excluding carboxylic acids is 2. The predicted octanol–water partition coefficient (Wildman–Crippen LogP) is 3.20. The topological polar surface area (TPSA) is 75.4 Å². The van der Waals surface area contributed by atoms with Crippen molar-refractivity contribution in [2.24, 2.45) is 5.73 Å². The summed E-state index contributed by atoms with van der Waals surface area (Å²) < 4.78 is 0. The number of unbranched alkanes of at least 4 members (excludes halogenated alkanes) is 1. The van der Waals surface area contributed by atoms with Gasteiger partial charge >= 0.3 is 0 Å². The van der Waals surface area contributed by atoms with Crippen LogP contribution < -0.4 is 11.1 Å². The van der Waals surface area contributed by atoms with Gasteiger partial charge in [-0.3, -0.25) is 9.59 Å². The molecular formula is C23H29N3O2. The van der Waals surface area contributed by atoms with Gasteiger partial charge < -0.3 is 16.0 Å². The third-order valence-electron chi connectivity index (χ3n) is 5.22. The number of benzene rings is 2. The Labute approximate surface area is 166 Å². The number of rotatable bonds is 8. The van der Waals surface area contributed by atoms with Gasteiger partial charge in [0.1, 0.15) is 6.04 Å². The van der Waals surface area contributed by atoms with E-state index in [2.05, 4.69) is 5.32 Å². The van der Waals surface area contributed by atoms with Crippen molar-refractivity contribution in [1.29, 1.82) is 0 Å². The van der Waals surface area contributed by atoms with Crippen LogP contribution >= 0.6 is 0 Å². The van der Waals surface area contributed by atoms with E-state index in [9.17, 15) is 9.59 Å². The van der Waals surface area contributed by atoms with Crippen LogP contribution in [0.2, 0.25) is 0 Å². The van der Waals surface area contributed by atoms with Gasteiger partial charge in [0.15, 0.2) is 0 Å². The normalized spacial score (nSPS) is 14.7. The number of nitrogens with two attached hydrogens (primary N) is 1. The summed E-state index contributed by atoms with van der Waals surface area (Å²) in [6, 6.07) is 17.1. The van der Waals surface area contributed by atoms with Gasteiger partial charge in [0.25, 0.3) is 5.91 Å². The lowest BCUT2D eigenvalue weighted by Gasteiger charge is -2.24. The van der Waals surface area contributed by atoms with Crippen molar-refractivity contribution in [3.8, 4) is 11.1 Å². The Morgan fingerprint density at radius 2 is 1.57 bits per heavy atom. The predicted molar refractivity (Wildman–Crippen MR) is 112 cm³/mol. The first kappa shape index (κ1) is 20.1. The number of carbonyl (C=O) groups is 2. The molecule has 1 aliphatic heterocycles. The molecule has 0 spiro atoms. The van der Waals surface area contributed by atoms with Gasteiger partial charge in [-0.25, -0.2) is 0 Å². The minimum atomic E-state index is -0.481. The van der Waals surface area contributed by atoms with E-state index < -0.39 is 6.04 Å². The van der Waals surface area contributed by atoms with E-state index in [1.807, 2.05) is 59.5 Å². The van der Waals surface area contributed by atoms with Crippen molar-refractivity contribution in [2.45, 2.75) is 38.1 Å². The molecule has 0 radical (unpaired) electrons. The van der Waals surface area contributed by atoms with E-state index >= 15 is 0 Å². The molecule has 2 amide bonds. The fraction of sp³-hybridized carbons (Fsp3) is 0.391. The van der Waals surface area contributed by atoms with Crippen LogP contribution in [-0.4, -0.2) is 42.4 Å². The first-order valence-electron chi connectivity index (χ1n) is 10.1. The Balaban J connectivity index is 1.67. The maximum atomic E-state index is 12.8. The highest BCUT2D eigenvalue weighted by Gasteiger charge is 2.27. The van der Waals surface area contributed by atoms with Gasteiger partial charge in [-0.2, -0.15) is 0 Å². The Morgan fingerprint density at radius 3 is 2.21 bits per heavy atom. The summed E-state index contributed by atoms with van der Waals surface area (Å²) in [6.45, 7) is 2.17. The lowest BCUT2D eigenvalue weighted by atomic mass is 10.0. The molecule has 1 atom stereocenters. The molecule has 5 nitrogen and oxygen atoms in total. The van der Waals surface area contributed by atoms with E-state index in [1.54, 1.807) is 0 Å². The number of nitrogens with zero attached hydrogens (tertiary/aromatic N) is 1. The molecule has 0 bridgehead atoms. The average molecular weight is 380 g/mol. The van der Waals surface area contributed by atoms with Gasteiger partial charge in [0.2, 0.25) is 5.91 Å². The van der Waals surface area contributed by atoms with Crippen molar-refractivity contribution >= 4 is 11.8 Å². The quantitative estimate of drug-likeness (QED) is 0.692. The van der Waals surface area contributed by atoms with Crippen molar-refractivity contribution < 1.29 is 9.59 Å². The molecule has 0 aliphatic carbocycles. The van der Waals surface area contributed by atoms with Crippen LogP contribution in [0, 0.1) is 0 Å². The Hall–Kier alpha value is -2.66. The standard InChI is InChI=1S/C23H29N3O2/c24-15-5-4-10-21(23(28)26-16-6-7-17-26)25-22(27)20-13-11-19(12-14-20)18-8-2-1-3-9-18/h1-3,8-9,11-14,21H,4-7,10,15-17,24H2,(H,25,27)/t21-/m0/s1. The molecule has 0 aromatic heterocycles. The Kier molecular flexibility index (Phi) is 7.20. The number of nitrogens with one attached hydrogen (secondary N) is 1. The third-order valence-corrected chi connectivity index (χ3v) is 5.22. The van der Waals surface area contributed by atoms with E-state index in [4.69, 9.17) is 5.73 Å². The largest absolute Gasteiger partial charge is 0.341 e. The fourth-order valence-corrected chi connectivity index (χ4v) is 3.59. The average Bonchev–Trinajstić information content (AvgIpc) is 3.28. The van der Waals surface area contributed by atoms with Crippen molar-refractivity contribution in [2.75, 3.05) is 19.6 Å². The van der Waals surface area contributed by atoms with Crippen molar-refractivity contribution in [3.63, 3.8) is 0 Å². The molecule has 148 valence electrons. The third kappa shape index (κ3) is 5.20. The molecular weight excluding hydrogens is 350 g/mol. The van der Waals surface area contributed by atoms with Crippen LogP contribution in [-0.2, 0) is 4.79 Å². The molecule has 1 saturated heterocycles. The molecule has 5 heteroatoms. The zero-order valence-corrected chi connectivity index (χ0v) is 16.3. The number of amides is 2. The number of hydrogen-bond acceptors (Lipinski definition) is 3. The summed E-state index contributed by atoms with van der Waals surface area (Å²) in [5, 5.41) is 2.96. The molecule has 28 heavy (non-hydrogen) atoms. The van der Waals surface area contributed by atoms with Crippen molar-refractivity contribution in [1.82, 2.24) is 10.2 Å². The number of likely N-dealkylation sites (tertiary alicyclic amines) is 1. The molecule has 3 rings (SSSR count). The summed E-state index contributed by atoms with van der Waals surface area (Å²) >= 11 is 0. The van der Waals surface area contributed by atoms with Gasteiger partial charge in [-0.15, -0.1) is 0 Å². The van der Waals surface area contributed by atoms with Crippen LogP contribution in [0.1, 0.15) is 42.5 Å². The second kappa shape index (κ2) is 10.0. The molecule has 0 unspecified atom stereocenters. The zero-order valence-electron chi connectivity index (χ0n) is 16.3. The lowest BCUT2D eigenvalue weighted by Crippen LogP contribution is -2.47. The molecule has 3 N–H and O–H groups in total. The molecule has 1 fully saturated rings. The van der Waals surface area contributed by atoms with Crippen LogP contribution in [0.25, 0.3) is 11.1 Å². The smallest absolute Gasteiger partial charge is 0.251 e. The summed E-state index contributed by atoms with van der Waals surface area (Å²) in [4.78, 5) is 27.4. The Morgan fingerprint density at radius 1 is 0.929 bits per heavy atom. The molecule has 1 heterocycles. The molecule has 0 saturated carbocycles. The monoisotopic (exact) mass is 379 g/mol. The highest BCUT2D eigenvalue weighted by atomic mass is 16.2. The maximum absolute atomic E-state index is 12.8. The van der Waals surface area contributed by atoms with E-state index in [1.165, 1.54) is 0 Å². The van der Waals surface area contributed by atoms with Crippen LogP contribution in [0.15, 0.2) is 54.6 Å². The fourth-order valence-electron chi connectivity index (χ4n) is 3.59. The first-order chi connectivity index (χ1) is 13.7. The van der Waals surface area contributed by atoms with Crippen molar-refractivity contribution in [3.05, 3.63) is 60.2 Å². The van der Waals surface area contributed by atoms with E-state index in [0.717, 1.165) is 49.9 Å². The molecule has 1 aliphatic rings. The number of hydrogen-bond donors (Lipinski definition) is 2. The zero-order chi connectivity index (χ0) is 19.8. The molecule has 2 aromatic rings. The van der Waals surface area contributed by atoms with E-state index in [-0.39, 0.29) is 11.8 Å². The lowest BCUT2D eigenvalue weighted by molar-refractivity contribution is -0.132. The summed E-state index contributed by atoms with van der Waals surface area (Å²) in [5.74, 6) is -0.173. The highest BCUT2D eigenvalue weighted by molar-refractivity contribution is 5.98. The van der Waals surface area contributed by atoms with Gasteiger partial charge in [-0.1, -0.05) is 42.5 Å². The van der Waals surface area contributed by atoms with Crippen LogP contribution in [0.5, 0.6) is 0 Å². The highest BCUT2D eigenvalue weighted by Crippen LogP contribution is 2.19.